The molecule has 0 atom stereocenters. The zero-order chi connectivity index (χ0) is 13.1. The summed E-state index contributed by atoms with van der Waals surface area (Å²) < 4.78 is 7.35. The molecule has 0 saturated carbocycles. The quantitative estimate of drug-likeness (QED) is 0.636. The van der Waals surface area contributed by atoms with Crippen molar-refractivity contribution in [2.24, 2.45) is 5.73 Å². The molecular formula is C12H15N5O. The molecule has 6 heteroatoms. The molecule has 6 nitrogen and oxygen atoms in total. The van der Waals surface area contributed by atoms with E-state index in [1.807, 2.05) is 13.8 Å². The van der Waals surface area contributed by atoms with E-state index in [0.717, 1.165) is 0 Å². The first-order valence-electron chi connectivity index (χ1n) is 5.58. The standard InChI is InChI=1S/C12H15N5O/c1-8(2)17-7-10(6-16-17)18-11-5-9(12(13)14)3-4-15-11/h3-8H,1-2H3,(H3,13,14). The molecule has 0 aromatic carbocycles. The Kier molecular flexibility index (Phi) is 3.27. The van der Waals surface area contributed by atoms with Crippen LogP contribution in [0.3, 0.4) is 0 Å². The molecular weight excluding hydrogens is 230 g/mol. The highest BCUT2D eigenvalue weighted by Crippen LogP contribution is 2.20. The van der Waals surface area contributed by atoms with Gasteiger partial charge in [0.15, 0.2) is 5.75 Å². The average Bonchev–Trinajstić information content (AvgIpc) is 2.78. The van der Waals surface area contributed by atoms with Crippen molar-refractivity contribution in [1.29, 1.82) is 5.41 Å². The molecule has 0 bridgehead atoms. The maximum atomic E-state index is 7.35. The lowest BCUT2D eigenvalue weighted by atomic mass is 10.2. The molecule has 0 radical (unpaired) electrons. The number of nitrogens with zero attached hydrogens (tertiary/aromatic N) is 3. The van der Waals surface area contributed by atoms with Crippen LogP contribution in [0.1, 0.15) is 25.5 Å². The van der Waals surface area contributed by atoms with Crippen molar-refractivity contribution in [2.75, 3.05) is 0 Å². The Morgan fingerprint density at radius 1 is 1.50 bits per heavy atom. The van der Waals surface area contributed by atoms with Gasteiger partial charge in [0.25, 0.3) is 0 Å². The summed E-state index contributed by atoms with van der Waals surface area (Å²) in [7, 11) is 0. The van der Waals surface area contributed by atoms with Crippen LogP contribution in [0.15, 0.2) is 30.7 Å². The number of nitrogens with one attached hydrogen (secondary N) is 1. The van der Waals surface area contributed by atoms with Crippen molar-refractivity contribution in [3.63, 3.8) is 0 Å². The Morgan fingerprint density at radius 3 is 2.89 bits per heavy atom. The first-order chi connectivity index (χ1) is 8.56. The van der Waals surface area contributed by atoms with E-state index in [2.05, 4.69) is 10.1 Å². The molecule has 0 unspecified atom stereocenters. The molecule has 2 aromatic heterocycles. The molecule has 18 heavy (non-hydrogen) atoms. The van der Waals surface area contributed by atoms with E-state index < -0.39 is 0 Å². The Bertz CT molecular complexity index is 561. The number of nitrogens with two attached hydrogens (primary N) is 1. The van der Waals surface area contributed by atoms with Gasteiger partial charge in [-0.05, 0) is 19.9 Å². The van der Waals surface area contributed by atoms with E-state index >= 15 is 0 Å². The first-order valence-corrected chi connectivity index (χ1v) is 5.58. The van der Waals surface area contributed by atoms with Crippen molar-refractivity contribution >= 4 is 5.84 Å². The van der Waals surface area contributed by atoms with E-state index in [9.17, 15) is 0 Å². The van der Waals surface area contributed by atoms with Gasteiger partial charge in [0, 0.05) is 23.9 Å². The molecule has 3 N–H and O–H groups in total. The van der Waals surface area contributed by atoms with Crippen LogP contribution in [0, 0.1) is 5.41 Å². The van der Waals surface area contributed by atoms with Gasteiger partial charge < -0.3 is 10.5 Å². The monoisotopic (exact) mass is 245 g/mol. The number of aromatic nitrogens is 3. The lowest BCUT2D eigenvalue weighted by Crippen LogP contribution is -2.11. The second-order valence-corrected chi connectivity index (χ2v) is 4.15. The minimum atomic E-state index is -0.0138. The molecule has 0 aliphatic rings. The normalized spacial score (nSPS) is 10.6. The topological polar surface area (TPSA) is 89.8 Å². The number of ether oxygens (including phenoxy) is 1. The maximum Gasteiger partial charge on any atom is 0.220 e. The van der Waals surface area contributed by atoms with Crippen LogP contribution in [0.4, 0.5) is 0 Å². The Labute approximate surface area is 105 Å². The van der Waals surface area contributed by atoms with Crippen LogP contribution in [0.2, 0.25) is 0 Å². The molecule has 94 valence electrons. The Morgan fingerprint density at radius 2 is 2.28 bits per heavy atom. The number of hydrogen-bond acceptors (Lipinski definition) is 4. The third kappa shape index (κ3) is 2.65. The van der Waals surface area contributed by atoms with Gasteiger partial charge in [-0.3, -0.25) is 10.1 Å². The average molecular weight is 245 g/mol. The molecule has 0 aliphatic carbocycles. The largest absolute Gasteiger partial charge is 0.436 e. The predicted octanol–water partition coefficient (Wildman–Crippen LogP) is 1.94. The van der Waals surface area contributed by atoms with Crippen molar-refractivity contribution in [1.82, 2.24) is 14.8 Å². The number of amidine groups is 1. The minimum absolute atomic E-state index is 0.0138. The minimum Gasteiger partial charge on any atom is -0.436 e. The second kappa shape index (κ2) is 4.87. The van der Waals surface area contributed by atoms with Crippen LogP contribution >= 0.6 is 0 Å². The van der Waals surface area contributed by atoms with Crippen LogP contribution in [-0.4, -0.2) is 20.6 Å². The lowest BCUT2D eigenvalue weighted by molar-refractivity contribution is 0.459. The van der Waals surface area contributed by atoms with E-state index in [1.54, 1.807) is 35.4 Å². The predicted molar refractivity (Wildman–Crippen MR) is 67.9 cm³/mol. The van der Waals surface area contributed by atoms with Crippen molar-refractivity contribution in [2.45, 2.75) is 19.9 Å². The van der Waals surface area contributed by atoms with Gasteiger partial charge in [-0.15, -0.1) is 0 Å². The van der Waals surface area contributed by atoms with Crippen molar-refractivity contribution in [3.05, 3.63) is 36.3 Å². The maximum absolute atomic E-state index is 7.35. The number of rotatable bonds is 4. The first kappa shape index (κ1) is 12.1. The summed E-state index contributed by atoms with van der Waals surface area (Å²) in [5.41, 5.74) is 5.98. The summed E-state index contributed by atoms with van der Waals surface area (Å²) >= 11 is 0. The third-order valence-corrected chi connectivity index (χ3v) is 2.38. The van der Waals surface area contributed by atoms with Gasteiger partial charge in [0.2, 0.25) is 5.88 Å². The number of hydrogen-bond donors (Lipinski definition) is 2. The number of nitrogen functional groups attached to an aromatic ring is 1. The van der Waals surface area contributed by atoms with Crippen molar-refractivity contribution in [3.8, 4) is 11.6 Å². The molecule has 0 aliphatic heterocycles. The Balaban J connectivity index is 2.17. The van der Waals surface area contributed by atoms with Gasteiger partial charge in [-0.25, -0.2) is 4.98 Å². The van der Waals surface area contributed by atoms with Crippen molar-refractivity contribution < 1.29 is 4.74 Å². The fraction of sp³-hybridized carbons (Fsp3) is 0.250. The van der Waals surface area contributed by atoms with Crippen LogP contribution < -0.4 is 10.5 Å². The van der Waals surface area contributed by atoms with E-state index in [-0.39, 0.29) is 11.9 Å². The fourth-order valence-electron chi connectivity index (χ4n) is 1.41. The van der Waals surface area contributed by atoms with Gasteiger partial charge >= 0.3 is 0 Å². The van der Waals surface area contributed by atoms with E-state index in [4.69, 9.17) is 15.9 Å². The second-order valence-electron chi connectivity index (χ2n) is 4.15. The highest BCUT2D eigenvalue weighted by atomic mass is 16.5. The molecule has 2 rings (SSSR count). The van der Waals surface area contributed by atoms with E-state index in [0.29, 0.717) is 17.2 Å². The molecule has 0 spiro atoms. The van der Waals surface area contributed by atoms with Gasteiger partial charge in [-0.2, -0.15) is 5.10 Å². The smallest absolute Gasteiger partial charge is 0.220 e. The van der Waals surface area contributed by atoms with Crippen LogP contribution in [0.5, 0.6) is 11.6 Å². The molecule has 0 fully saturated rings. The third-order valence-electron chi connectivity index (χ3n) is 2.38. The lowest BCUT2D eigenvalue weighted by Gasteiger charge is -2.04. The van der Waals surface area contributed by atoms with Crippen LogP contribution in [-0.2, 0) is 0 Å². The summed E-state index contributed by atoms with van der Waals surface area (Å²) in [5, 5.41) is 11.5. The zero-order valence-electron chi connectivity index (χ0n) is 10.3. The fourth-order valence-corrected chi connectivity index (χ4v) is 1.41. The summed E-state index contributed by atoms with van der Waals surface area (Å²) in [5.74, 6) is 0.989. The molecule has 2 heterocycles. The zero-order valence-corrected chi connectivity index (χ0v) is 10.3. The summed E-state index contributed by atoms with van der Waals surface area (Å²) in [6.45, 7) is 4.07. The highest BCUT2D eigenvalue weighted by Gasteiger charge is 2.06. The summed E-state index contributed by atoms with van der Waals surface area (Å²) in [4.78, 5) is 4.06. The molecule has 0 amide bonds. The SMILES string of the molecule is CC(C)n1cc(Oc2cc(C(=N)N)ccn2)cn1. The molecule has 0 saturated heterocycles. The summed E-state index contributed by atoms with van der Waals surface area (Å²) in [6, 6.07) is 3.56. The Hall–Kier alpha value is -2.37. The summed E-state index contributed by atoms with van der Waals surface area (Å²) in [6.07, 6.45) is 4.98. The van der Waals surface area contributed by atoms with Crippen LogP contribution in [0.25, 0.3) is 0 Å². The highest BCUT2D eigenvalue weighted by molar-refractivity contribution is 5.95. The number of pyridine rings is 1. The van der Waals surface area contributed by atoms with Gasteiger partial charge in [-0.1, -0.05) is 0 Å². The van der Waals surface area contributed by atoms with E-state index in [1.165, 1.54) is 0 Å². The van der Waals surface area contributed by atoms with Gasteiger partial charge in [0.1, 0.15) is 5.84 Å². The molecule has 2 aromatic rings. The van der Waals surface area contributed by atoms with Gasteiger partial charge in [0.05, 0.1) is 12.4 Å².